The summed E-state index contributed by atoms with van der Waals surface area (Å²) in [5, 5.41) is 18.0. The van der Waals surface area contributed by atoms with E-state index >= 15 is 0 Å². The van der Waals surface area contributed by atoms with Crippen LogP contribution in [0.3, 0.4) is 0 Å². The van der Waals surface area contributed by atoms with Gasteiger partial charge in [-0.1, -0.05) is 61.3 Å². The Morgan fingerprint density at radius 3 is 2.53 bits per heavy atom. The summed E-state index contributed by atoms with van der Waals surface area (Å²) in [7, 11) is 0. The Morgan fingerprint density at radius 2 is 1.84 bits per heavy atom. The largest absolute Gasteiger partial charge is 0.481 e. The summed E-state index contributed by atoms with van der Waals surface area (Å²) in [6.07, 6.45) is 18.0. The second-order valence-corrected chi connectivity index (χ2v) is 3.92. The number of hydrogen-bond donors (Lipinski definition) is 2. The number of aliphatic hydroxyl groups excluding tert-OH is 1. The minimum Gasteiger partial charge on any atom is -0.481 e. The maximum absolute atomic E-state index is 10.3. The van der Waals surface area contributed by atoms with Crippen molar-refractivity contribution >= 4 is 5.97 Å². The van der Waals surface area contributed by atoms with E-state index in [0.717, 1.165) is 6.42 Å². The molecule has 0 aliphatic rings. The number of carboxylic acid groups (broad SMARTS) is 1. The number of aliphatic hydroxyl groups is 1. The van der Waals surface area contributed by atoms with Crippen molar-refractivity contribution < 1.29 is 15.0 Å². The molecule has 0 bridgehead atoms. The molecule has 0 rings (SSSR count). The van der Waals surface area contributed by atoms with Crippen LogP contribution >= 0.6 is 0 Å². The standard InChI is InChI=1S/C16H22O3/c1-2-3-4-5-6-7-9-12-15(17)13-10-8-11-14-16(18)19/h2-4,6-10,12,15,17H,1,5,11,13-14H2,(H,18,19)/b4-3-,7-6-,10-8-,12-9+. The van der Waals surface area contributed by atoms with E-state index in [2.05, 4.69) is 6.58 Å². The van der Waals surface area contributed by atoms with Gasteiger partial charge < -0.3 is 10.2 Å². The molecule has 0 saturated carbocycles. The van der Waals surface area contributed by atoms with Gasteiger partial charge in [-0.05, 0) is 19.3 Å². The van der Waals surface area contributed by atoms with Crippen molar-refractivity contribution in [3.05, 3.63) is 61.3 Å². The molecule has 3 heteroatoms. The van der Waals surface area contributed by atoms with Crippen LogP contribution in [0.2, 0.25) is 0 Å². The summed E-state index contributed by atoms with van der Waals surface area (Å²) in [6.45, 7) is 3.57. The number of carboxylic acids is 1. The fraction of sp³-hybridized carbons (Fsp3) is 0.312. The lowest BCUT2D eigenvalue weighted by Gasteiger charge is -1.98. The molecule has 0 aromatic rings. The molecule has 0 heterocycles. The van der Waals surface area contributed by atoms with Crippen molar-refractivity contribution in [2.45, 2.75) is 31.8 Å². The zero-order valence-electron chi connectivity index (χ0n) is 11.1. The van der Waals surface area contributed by atoms with Crippen LogP contribution in [0.4, 0.5) is 0 Å². The molecule has 3 nitrogen and oxygen atoms in total. The second-order valence-electron chi connectivity index (χ2n) is 3.92. The van der Waals surface area contributed by atoms with E-state index in [4.69, 9.17) is 5.11 Å². The zero-order valence-corrected chi connectivity index (χ0v) is 11.1. The molecule has 104 valence electrons. The van der Waals surface area contributed by atoms with Gasteiger partial charge in [-0.3, -0.25) is 4.79 Å². The lowest BCUT2D eigenvalue weighted by atomic mass is 10.2. The highest BCUT2D eigenvalue weighted by atomic mass is 16.4. The third-order valence-corrected chi connectivity index (χ3v) is 2.19. The molecule has 0 aliphatic heterocycles. The van der Waals surface area contributed by atoms with Gasteiger partial charge in [0.15, 0.2) is 0 Å². The maximum atomic E-state index is 10.3. The SMILES string of the molecule is C=C/C=C\C/C=C\C=C\C(O)C/C=C\CCC(=O)O. The molecular weight excluding hydrogens is 240 g/mol. The molecule has 0 amide bonds. The quantitative estimate of drug-likeness (QED) is 0.468. The van der Waals surface area contributed by atoms with Crippen molar-refractivity contribution in [2.24, 2.45) is 0 Å². The van der Waals surface area contributed by atoms with Crippen molar-refractivity contribution in [3.63, 3.8) is 0 Å². The molecule has 0 fully saturated rings. The minimum atomic E-state index is -0.805. The molecule has 0 aromatic heterocycles. The number of carbonyl (C=O) groups is 1. The van der Waals surface area contributed by atoms with Gasteiger partial charge in [-0.15, -0.1) is 0 Å². The van der Waals surface area contributed by atoms with Gasteiger partial charge in [0.2, 0.25) is 0 Å². The van der Waals surface area contributed by atoms with Gasteiger partial charge in [-0.25, -0.2) is 0 Å². The Hall–Kier alpha value is -1.87. The summed E-state index contributed by atoms with van der Waals surface area (Å²) in [5.41, 5.74) is 0. The van der Waals surface area contributed by atoms with Crippen molar-refractivity contribution in [2.75, 3.05) is 0 Å². The van der Waals surface area contributed by atoms with Crippen LogP contribution in [-0.4, -0.2) is 22.3 Å². The number of allylic oxidation sites excluding steroid dienone is 7. The number of rotatable bonds is 10. The second kappa shape index (κ2) is 12.6. The molecule has 0 saturated heterocycles. The molecule has 0 radical (unpaired) electrons. The highest BCUT2D eigenvalue weighted by Gasteiger charge is 1.94. The molecular formula is C16H22O3. The van der Waals surface area contributed by atoms with Crippen LogP contribution in [0.5, 0.6) is 0 Å². The fourth-order valence-corrected chi connectivity index (χ4v) is 1.24. The van der Waals surface area contributed by atoms with E-state index in [1.54, 1.807) is 30.4 Å². The lowest BCUT2D eigenvalue weighted by Crippen LogP contribution is -1.99. The van der Waals surface area contributed by atoms with E-state index in [9.17, 15) is 9.90 Å². The van der Waals surface area contributed by atoms with Gasteiger partial charge in [0, 0.05) is 6.42 Å². The topological polar surface area (TPSA) is 57.5 Å². The van der Waals surface area contributed by atoms with Gasteiger partial charge in [0.1, 0.15) is 0 Å². The monoisotopic (exact) mass is 262 g/mol. The third kappa shape index (κ3) is 14.1. The predicted molar refractivity (Wildman–Crippen MR) is 78.9 cm³/mol. The molecule has 0 aliphatic carbocycles. The lowest BCUT2D eigenvalue weighted by molar-refractivity contribution is -0.136. The van der Waals surface area contributed by atoms with Crippen LogP contribution in [0.1, 0.15) is 25.7 Å². The Kier molecular flexibility index (Phi) is 11.3. The minimum absolute atomic E-state index is 0.128. The molecule has 1 unspecified atom stereocenters. The summed E-state index contributed by atoms with van der Waals surface area (Å²) in [5.74, 6) is -0.805. The van der Waals surface area contributed by atoms with E-state index in [1.807, 2.05) is 24.3 Å². The Morgan fingerprint density at radius 1 is 1.11 bits per heavy atom. The number of aliphatic carboxylic acids is 1. The normalized spacial score (nSPS) is 13.9. The van der Waals surface area contributed by atoms with E-state index in [1.165, 1.54) is 0 Å². The van der Waals surface area contributed by atoms with Crippen LogP contribution in [-0.2, 0) is 4.79 Å². The summed E-state index contributed by atoms with van der Waals surface area (Å²) in [6, 6.07) is 0. The van der Waals surface area contributed by atoms with E-state index < -0.39 is 12.1 Å². The first kappa shape index (κ1) is 17.1. The van der Waals surface area contributed by atoms with E-state index in [-0.39, 0.29) is 6.42 Å². The first-order chi connectivity index (χ1) is 9.16. The molecule has 1 atom stereocenters. The molecule has 2 N–H and O–H groups in total. The Bertz CT molecular complexity index is 362. The van der Waals surface area contributed by atoms with Crippen LogP contribution in [0, 0.1) is 0 Å². The van der Waals surface area contributed by atoms with Gasteiger partial charge in [-0.2, -0.15) is 0 Å². The summed E-state index contributed by atoms with van der Waals surface area (Å²) >= 11 is 0. The molecule has 19 heavy (non-hydrogen) atoms. The van der Waals surface area contributed by atoms with Crippen molar-refractivity contribution in [3.8, 4) is 0 Å². The molecule has 0 spiro atoms. The fourth-order valence-electron chi connectivity index (χ4n) is 1.24. The first-order valence-corrected chi connectivity index (χ1v) is 6.32. The highest BCUT2D eigenvalue weighted by Crippen LogP contribution is 1.99. The Balaban J connectivity index is 3.72. The van der Waals surface area contributed by atoms with Crippen molar-refractivity contribution in [1.82, 2.24) is 0 Å². The van der Waals surface area contributed by atoms with E-state index in [0.29, 0.717) is 12.8 Å². The van der Waals surface area contributed by atoms with Crippen LogP contribution in [0.25, 0.3) is 0 Å². The summed E-state index contributed by atoms with van der Waals surface area (Å²) < 4.78 is 0. The average molecular weight is 262 g/mol. The third-order valence-electron chi connectivity index (χ3n) is 2.19. The van der Waals surface area contributed by atoms with Crippen LogP contribution < -0.4 is 0 Å². The zero-order chi connectivity index (χ0) is 14.3. The average Bonchev–Trinajstić information content (AvgIpc) is 2.37. The highest BCUT2D eigenvalue weighted by molar-refractivity contribution is 5.66. The maximum Gasteiger partial charge on any atom is 0.303 e. The van der Waals surface area contributed by atoms with Gasteiger partial charge in [0.05, 0.1) is 6.10 Å². The Labute approximate surface area is 115 Å². The van der Waals surface area contributed by atoms with Gasteiger partial charge >= 0.3 is 5.97 Å². The smallest absolute Gasteiger partial charge is 0.303 e. The first-order valence-electron chi connectivity index (χ1n) is 6.32. The molecule has 0 aromatic carbocycles. The van der Waals surface area contributed by atoms with Gasteiger partial charge in [0.25, 0.3) is 0 Å². The summed E-state index contributed by atoms with van der Waals surface area (Å²) in [4.78, 5) is 10.3. The van der Waals surface area contributed by atoms with Crippen molar-refractivity contribution in [1.29, 1.82) is 0 Å². The predicted octanol–water partition coefficient (Wildman–Crippen LogP) is 3.40. The number of hydrogen-bond acceptors (Lipinski definition) is 2. The van der Waals surface area contributed by atoms with Crippen LogP contribution in [0.15, 0.2) is 61.3 Å².